The van der Waals surface area contributed by atoms with Gasteiger partial charge < -0.3 is 14.9 Å². The van der Waals surface area contributed by atoms with Crippen molar-refractivity contribution in [2.45, 2.75) is 19.9 Å². The third kappa shape index (κ3) is 4.24. The van der Waals surface area contributed by atoms with Crippen molar-refractivity contribution in [3.05, 3.63) is 29.5 Å². The quantitative estimate of drug-likeness (QED) is 0.432. The first-order valence-electron chi connectivity index (χ1n) is 5.33. The Hall–Kier alpha value is -1.88. The third-order valence-corrected chi connectivity index (χ3v) is 2.43. The molecule has 0 unspecified atom stereocenters. The largest absolute Gasteiger partial charge is 0.480 e. The van der Waals surface area contributed by atoms with E-state index in [1.165, 1.54) is 0 Å². The molecule has 1 aliphatic heterocycles. The highest BCUT2D eigenvalue weighted by Crippen LogP contribution is 2.15. The van der Waals surface area contributed by atoms with E-state index >= 15 is 0 Å². The smallest absolute Gasteiger partial charge is 0.323 e. The first-order valence-corrected chi connectivity index (χ1v) is 5.33. The van der Waals surface area contributed by atoms with Gasteiger partial charge in [-0.3, -0.25) is 4.79 Å². The summed E-state index contributed by atoms with van der Waals surface area (Å²) in [5, 5.41) is 12.4. The summed E-state index contributed by atoms with van der Waals surface area (Å²) in [4.78, 5) is 16.7. The minimum atomic E-state index is -0.886. The van der Waals surface area contributed by atoms with Crippen LogP contribution in [-0.2, 0) is 4.79 Å². The van der Waals surface area contributed by atoms with Gasteiger partial charge in [-0.2, -0.15) is 0 Å². The molecule has 0 bridgehead atoms. The molecular weight excluding hydrogens is 222 g/mol. The Bertz CT molecular complexity index is 349. The Morgan fingerprint density at radius 2 is 2.12 bits per heavy atom. The first kappa shape index (κ1) is 13.2. The molecule has 0 aromatic carbocycles. The topological polar surface area (TPSA) is 92.5 Å². The molecule has 93 valence electrons. The fraction of sp³-hybridized carbons (Fsp3) is 0.600. The van der Waals surface area contributed by atoms with Crippen LogP contribution in [0.15, 0.2) is 17.5 Å². The number of hydrogen-bond acceptors (Lipinski definition) is 4. The van der Waals surface area contributed by atoms with Crippen molar-refractivity contribution in [3.8, 4) is 0 Å². The Morgan fingerprint density at radius 3 is 2.65 bits per heavy atom. The van der Waals surface area contributed by atoms with Gasteiger partial charge in [0.1, 0.15) is 13.2 Å². The van der Waals surface area contributed by atoms with Crippen molar-refractivity contribution in [2.75, 3.05) is 13.1 Å². The van der Waals surface area contributed by atoms with Crippen LogP contribution in [0.2, 0.25) is 0 Å². The molecule has 1 rings (SSSR count). The molecule has 0 amide bonds. The normalized spacial score (nSPS) is 16.2. The highest BCUT2D eigenvalue weighted by atomic mass is 16.4. The maximum atomic E-state index is 10.5. The van der Waals surface area contributed by atoms with Crippen LogP contribution in [0.5, 0.6) is 0 Å². The van der Waals surface area contributed by atoms with E-state index in [0.29, 0.717) is 6.54 Å². The van der Waals surface area contributed by atoms with Crippen LogP contribution < -0.4 is 0 Å². The lowest BCUT2D eigenvalue weighted by Crippen LogP contribution is -2.31. The molecule has 7 nitrogen and oxygen atoms in total. The van der Waals surface area contributed by atoms with Crippen LogP contribution in [0.1, 0.15) is 13.8 Å². The second-order valence-corrected chi connectivity index (χ2v) is 4.19. The number of carboxylic acid groups (broad SMARTS) is 1. The Kier molecular flexibility index (Phi) is 4.66. The molecule has 1 radical (unpaired) electrons. The Morgan fingerprint density at radius 1 is 1.47 bits per heavy atom. The lowest BCUT2D eigenvalue weighted by Gasteiger charge is -2.23. The van der Waals surface area contributed by atoms with E-state index in [1.54, 1.807) is 24.0 Å². The molecule has 0 saturated carbocycles. The van der Waals surface area contributed by atoms with Gasteiger partial charge >= 0.3 is 5.97 Å². The van der Waals surface area contributed by atoms with Gasteiger partial charge in [0.25, 0.3) is 0 Å². The van der Waals surface area contributed by atoms with Crippen molar-refractivity contribution >= 4 is 5.97 Å². The van der Waals surface area contributed by atoms with E-state index in [0.717, 1.165) is 0 Å². The number of rotatable bonds is 6. The molecule has 0 aliphatic carbocycles. The zero-order valence-corrected chi connectivity index (χ0v) is 9.89. The summed E-state index contributed by atoms with van der Waals surface area (Å²) in [6.07, 6.45) is 3.45. The standard InChI is InChI=1S/C10H16N5O2/c1-8(2)9(12-13-11)5-14-3-4-15(7-14)6-10(16)17/h3-4,7-9H,5-6H2,1-2H3,(H,16,17)/t9-/m1/s1. The number of aliphatic carboxylic acids is 1. The predicted molar refractivity (Wildman–Crippen MR) is 62.3 cm³/mol. The lowest BCUT2D eigenvalue weighted by atomic mass is 10.1. The Balaban J connectivity index is 2.46. The van der Waals surface area contributed by atoms with Gasteiger partial charge in [-0.05, 0) is 11.4 Å². The summed E-state index contributed by atoms with van der Waals surface area (Å²) < 4.78 is 0. The average molecular weight is 238 g/mol. The van der Waals surface area contributed by atoms with E-state index < -0.39 is 5.97 Å². The maximum Gasteiger partial charge on any atom is 0.323 e. The highest BCUT2D eigenvalue weighted by Gasteiger charge is 2.20. The van der Waals surface area contributed by atoms with Crippen LogP contribution in [0.3, 0.4) is 0 Å². The fourth-order valence-corrected chi connectivity index (χ4v) is 1.46. The van der Waals surface area contributed by atoms with Gasteiger partial charge in [-0.1, -0.05) is 19.0 Å². The minimum absolute atomic E-state index is 0.0686. The SMILES string of the molecule is CC(C)[C@@H](CN1[CH]N(CC(=O)O)C=C1)N=[N+]=[N-]. The minimum Gasteiger partial charge on any atom is -0.480 e. The molecule has 7 heteroatoms. The molecule has 0 saturated heterocycles. The number of carbonyl (C=O) groups is 1. The van der Waals surface area contributed by atoms with Crippen LogP contribution in [0.25, 0.3) is 10.4 Å². The Labute approximate surface area is 99.9 Å². The lowest BCUT2D eigenvalue weighted by molar-refractivity contribution is -0.137. The fourth-order valence-electron chi connectivity index (χ4n) is 1.46. The van der Waals surface area contributed by atoms with Gasteiger partial charge in [0.15, 0.2) is 0 Å². The van der Waals surface area contributed by atoms with E-state index in [2.05, 4.69) is 10.0 Å². The summed E-state index contributed by atoms with van der Waals surface area (Å²) in [5.41, 5.74) is 8.45. The summed E-state index contributed by atoms with van der Waals surface area (Å²) in [6, 6.07) is -0.134. The summed E-state index contributed by atoms with van der Waals surface area (Å²) >= 11 is 0. The monoisotopic (exact) mass is 238 g/mol. The second-order valence-electron chi connectivity index (χ2n) is 4.19. The van der Waals surface area contributed by atoms with Gasteiger partial charge in [0, 0.05) is 23.9 Å². The van der Waals surface area contributed by atoms with Crippen LogP contribution >= 0.6 is 0 Å². The van der Waals surface area contributed by atoms with E-state index in [1.807, 2.05) is 18.7 Å². The average Bonchev–Trinajstić information content (AvgIpc) is 2.63. The molecule has 1 atom stereocenters. The van der Waals surface area contributed by atoms with Crippen LogP contribution in [-0.4, -0.2) is 40.0 Å². The van der Waals surface area contributed by atoms with Crippen molar-refractivity contribution in [1.29, 1.82) is 0 Å². The zero-order valence-electron chi connectivity index (χ0n) is 9.89. The van der Waals surface area contributed by atoms with Gasteiger partial charge in [-0.15, -0.1) is 0 Å². The van der Waals surface area contributed by atoms with Crippen LogP contribution in [0, 0.1) is 12.6 Å². The molecule has 0 aromatic rings. The van der Waals surface area contributed by atoms with E-state index in [9.17, 15) is 4.79 Å². The van der Waals surface area contributed by atoms with Crippen LogP contribution in [0.4, 0.5) is 0 Å². The van der Waals surface area contributed by atoms with Crippen molar-refractivity contribution in [1.82, 2.24) is 9.80 Å². The number of nitrogens with zero attached hydrogens (tertiary/aromatic N) is 5. The number of carboxylic acids is 1. The van der Waals surface area contributed by atoms with Crippen molar-refractivity contribution < 1.29 is 9.90 Å². The zero-order chi connectivity index (χ0) is 12.8. The highest BCUT2D eigenvalue weighted by molar-refractivity contribution is 5.69. The van der Waals surface area contributed by atoms with E-state index in [4.69, 9.17) is 10.6 Å². The molecule has 17 heavy (non-hydrogen) atoms. The second kappa shape index (κ2) is 6.00. The maximum absolute atomic E-state index is 10.5. The van der Waals surface area contributed by atoms with Crippen molar-refractivity contribution in [2.24, 2.45) is 11.0 Å². The van der Waals surface area contributed by atoms with Gasteiger partial charge in [0.05, 0.1) is 6.04 Å². The van der Waals surface area contributed by atoms with Crippen molar-refractivity contribution in [3.63, 3.8) is 0 Å². The summed E-state index contributed by atoms with van der Waals surface area (Å²) in [6.45, 7) is 6.13. The number of hydrogen-bond donors (Lipinski definition) is 1. The molecule has 0 fully saturated rings. The summed E-state index contributed by atoms with van der Waals surface area (Å²) in [7, 11) is 0. The number of azide groups is 1. The molecule has 0 aromatic heterocycles. The molecule has 1 aliphatic rings. The third-order valence-electron chi connectivity index (χ3n) is 2.43. The molecular formula is C10H16N5O2. The first-order chi connectivity index (χ1) is 8.02. The predicted octanol–water partition coefficient (Wildman–Crippen LogP) is 1.61. The molecule has 1 N–H and O–H groups in total. The van der Waals surface area contributed by atoms with Gasteiger partial charge in [0.2, 0.25) is 0 Å². The van der Waals surface area contributed by atoms with Gasteiger partial charge in [-0.25, -0.2) is 0 Å². The van der Waals surface area contributed by atoms with E-state index in [-0.39, 0.29) is 18.5 Å². The molecule has 0 spiro atoms. The summed E-state index contributed by atoms with van der Waals surface area (Å²) in [5.74, 6) is -0.649. The molecule has 1 heterocycles.